The molecule has 9 heteroatoms. The zero-order valence-corrected chi connectivity index (χ0v) is 17.6. The molecule has 1 aliphatic rings. The Morgan fingerprint density at radius 3 is 2.38 bits per heavy atom. The van der Waals surface area contributed by atoms with Crippen LogP contribution in [0.4, 0.5) is 5.69 Å². The topological polar surface area (TPSA) is 92.8 Å². The maximum Gasteiger partial charge on any atom is 0.268 e. The van der Waals surface area contributed by atoms with E-state index in [9.17, 15) is 18.0 Å². The largest absolute Gasteiger partial charge is 0.497 e. The summed E-state index contributed by atoms with van der Waals surface area (Å²) >= 11 is 6.04. The fraction of sp³-hybridized carbons (Fsp3) is 0.200. The minimum atomic E-state index is -4.17. The summed E-state index contributed by atoms with van der Waals surface area (Å²) in [4.78, 5) is 24.8. The lowest BCUT2D eigenvalue weighted by molar-refractivity contribution is -0.126. The fourth-order valence-corrected chi connectivity index (χ4v) is 4.91. The fourth-order valence-electron chi connectivity index (χ4n) is 2.96. The Hall–Kier alpha value is -2.84. The lowest BCUT2D eigenvalue weighted by Gasteiger charge is -2.16. The number of methoxy groups -OCH3 is 1. The predicted octanol–water partition coefficient (Wildman–Crippen LogP) is 3.20. The molecule has 152 valence electrons. The number of halogens is 1. The average Bonchev–Trinajstić information content (AvgIpc) is 2.84. The quantitative estimate of drug-likeness (QED) is 0.780. The minimum absolute atomic E-state index is 0.0568. The maximum atomic E-state index is 13.0. The summed E-state index contributed by atoms with van der Waals surface area (Å²) in [5.41, 5.74) is 1.66. The van der Waals surface area contributed by atoms with Gasteiger partial charge in [0.05, 0.1) is 7.11 Å². The third-order valence-corrected chi connectivity index (χ3v) is 6.87. The number of anilines is 1. The molecule has 2 aromatic carbocycles. The standard InChI is InChI=1S/C20H19ClN2O5S/c1-12-4-7-15(10-17(12)21)22-18(24)11-23-20(25)13(2)19(29(23,26)27)14-5-8-16(28-3)9-6-14/h4-10H,11H2,1-3H3,(H,22,24). The zero-order chi connectivity index (χ0) is 21.3. The zero-order valence-electron chi connectivity index (χ0n) is 16.0. The molecule has 0 radical (unpaired) electrons. The van der Waals surface area contributed by atoms with Gasteiger partial charge in [0.1, 0.15) is 17.2 Å². The van der Waals surface area contributed by atoms with Crippen LogP contribution in [-0.4, -0.2) is 38.2 Å². The number of carbonyl (C=O) groups is 2. The minimum Gasteiger partial charge on any atom is -0.497 e. The van der Waals surface area contributed by atoms with E-state index >= 15 is 0 Å². The predicted molar refractivity (Wildman–Crippen MR) is 111 cm³/mol. The highest BCUT2D eigenvalue weighted by Gasteiger charge is 2.43. The van der Waals surface area contributed by atoms with Gasteiger partial charge >= 0.3 is 0 Å². The van der Waals surface area contributed by atoms with E-state index in [4.69, 9.17) is 16.3 Å². The molecule has 0 atom stereocenters. The summed E-state index contributed by atoms with van der Waals surface area (Å²) < 4.78 is 31.6. The molecule has 3 rings (SSSR count). The number of hydrogen-bond acceptors (Lipinski definition) is 5. The van der Waals surface area contributed by atoms with E-state index in [1.54, 1.807) is 42.5 Å². The smallest absolute Gasteiger partial charge is 0.268 e. The molecule has 29 heavy (non-hydrogen) atoms. The third-order valence-electron chi connectivity index (χ3n) is 4.53. The van der Waals surface area contributed by atoms with E-state index in [2.05, 4.69) is 5.32 Å². The number of carbonyl (C=O) groups excluding carboxylic acids is 2. The van der Waals surface area contributed by atoms with Crippen molar-refractivity contribution in [2.75, 3.05) is 19.0 Å². The molecule has 1 heterocycles. The van der Waals surface area contributed by atoms with Gasteiger partial charge in [-0.2, -0.15) is 0 Å². The van der Waals surface area contributed by atoms with Gasteiger partial charge in [-0.1, -0.05) is 17.7 Å². The third kappa shape index (κ3) is 3.99. The monoisotopic (exact) mass is 434 g/mol. The van der Waals surface area contributed by atoms with Crippen molar-refractivity contribution in [2.24, 2.45) is 0 Å². The molecule has 0 saturated carbocycles. The van der Waals surface area contributed by atoms with Crippen molar-refractivity contribution in [3.05, 3.63) is 64.2 Å². The van der Waals surface area contributed by atoms with E-state index in [-0.39, 0.29) is 10.5 Å². The average molecular weight is 435 g/mol. The van der Waals surface area contributed by atoms with Crippen LogP contribution in [0.3, 0.4) is 0 Å². The van der Waals surface area contributed by atoms with Crippen LogP contribution in [0.2, 0.25) is 5.02 Å². The molecule has 0 spiro atoms. The molecule has 2 aromatic rings. The number of aryl methyl sites for hydroxylation is 1. The van der Waals surface area contributed by atoms with Gasteiger partial charge in [0.25, 0.3) is 15.9 Å². The molecule has 1 aliphatic heterocycles. The Bertz CT molecular complexity index is 1120. The van der Waals surface area contributed by atoms with Gasteiger partial charge < -0.3 is 10.1 Å². The summed E-state index contributed by atoms with van der Waals surface area (Å²) in [5.74, 6) is -0.819. The van der Waals surface area contributed by atoms with Crippen LogP contribution < -0.4 is 10.1 Å². The Labute approximate surface area is 174 Å². The van der Waals surface area contributed by atoms with Crippen LogP contribution in [0.5, 0.6) is 5.75 Å². The summed E-state index contributed by atoms with van der Waals surface area (Å²) in [6.45, 7) is 2.61. The molecule has 0 fully saturated rings. The van der Waals surface area contributed by atoms with Gasteiger partial charge in [-0.3, -0.25) is 9.59 Å². The molecule has 0 aromatic heterocycles. The Balaban J connectivity index is 1.83. The first-order chi connectivity index (χ1) is 13.6. The first-order valence-electron chi connectivity index (χ1n) is 8.63. The van der Waals surface area contributed by atoms with Crippen LogP contribution in [0, 0.1) is 6.92 Å². The molecule has 0 bridgehead atoms. The van der Waals surface area contributed by atoms with Crippen molar-refractivity contribution >= 4 is 44.0 Å². The van der Waals surface area contributed by atoms with Crippen LogP contribution in [-0.2, 0) is 19.6 Å². The molecule has 2 amide bonds. The number of hydrogen-bond donors (Lipinski definition) is 1. The van der Waals surface area contributed by atoms with Gasteiger partial charge in [-0.05, 0) is 61.4 Å². The van der Waals surface area contributed by atoms with Crippen molar-refractivity contribution in [3.63, 3.8) is 0 Å². The lowest BCUT2D eigenvalue weighted by atomic mass is 10.1. The molecule has 0 saturated heterocycles. The second-order valence-corrected chi connectivity index (χ2v) is 8.72. The van der Waals surface area contributed by atoms with Crippen molar-refractivity contribution in [2.45, 2.75) is 13.8 Å². The SMILES string of the molecule is COc1ccc(C2=C(C)C(=O)N(CC(=O)Nc3ccc(C)c(Cl)c3)S2(=O)=O)cc1. The number of nitrogens with zero attached hydrogens (tertiary/aromatic N) is 1. The first-order valence-corrected chi connectivity index (χ1v) is 10.5. The molecule has 7 nitrogen and oxygen atoms in total. The van der Waals surface area contributed by atoms with E-state index in [1.807, 2.05) is 6.92 Å². The Kier molecular flexibility index (Phi) is 5.68. The summed E-state index contributed by atoms with van der Waals surface area (Å²) in [7, 11) is -2.67. The van der Waals surface area contributed by atoms with Gasteiger partial charge in [-0.15, -0.1) is 0 Å². The second kappa shape index (κ2) is 7.88. The highest BCUT2D eigenvalue weighted by molar-refractivity contribution is 7.99. The molecular formula is C20H19ClN2O5S. The number of sulfonamides is 1. The summed E-state index contributed by atoms with van der Waals surface area (Å²) in [6, 6.07) is 11.2. The van der Waals surface area contributed by atoms with Crippen LogP contribution >= 0.6 is 11.6 Å². The molecular weight excluding hydrogens is 416 g/mol. The van der Waals surface area contributed by atoms with Crippen LogP contribution in [0.15, 0.2) is 48.0 Å². The number of nitrogens with one attached hydrogen (secondary N) is 1. The van der Waals surface area contributed by atoms with E-state index in [1.165, 1.54) is 14.0 Å². The van der Waals surface area contributed by atoms with E-state index < -0.39 is 28.4 Å². The van der Waals surface area contributed by atoms with E-state index in [0.29, 0.717) is 26.3 Å². The first kappa shape index (κ1) is 20.9. The summed E-state index contributed by atoms with van der Waals surface area (Å²) in [5, 5.41) is 3.03. The highest BCUT2D eigenvalue weighted by atomic mass is 35.5. The van der Waals surface area contributed by atoms with Crippen molar-refractivity contribution < 1.29 is 22.7 Å². The van der Waals surface area contributed by atoms with Gasteiger partial charge in [0.15, 0.2) is 0 Å². The Morgan fingerprint density at radius 1 is 1.14 bits per heavy atom. The number of ether oxygens (including phenoxy) is 1. The number of amides is 2. The van der Waals surface area contributed by atoms with Crippen LogP contribution in [0.1, 0.15) is 18.1 Å². The number of rotatable bonds is 5. The van der Waals surface area contributed by atoms with Crippen molar-refractivity contribution in [1.29, 1.82) is 0 Å². The van der Waals surface area contributed by atoms with Gasteiger partial charge in [0.2, 0.25) is 5.91 Å². The van der Waals surface area contributed by atoms with E-state index in [0.717, 1.165) is 5.56 Å². The summed E-state index contributed by atoms with van der Waals surface area (Å²) in [6.07, 6.45) is 0. The normalized spacial score (nSPS) is 15.6. The van der Waals surface area contributed by atoms with Gasteiger partial charge in [-0.25, -0.2) is 12.7 Å². The highest BCUT2D eigenvalue weighted by Crippen LogP contribution is 2.36. The maximum absolute atomic E-state index is 13.0. The molecule has 0 aliphatic carbocycles. The second-order valence-electron chi connectivity index (χ2n) is 6.51. The molecule has 1 N–H and O–H groups in total. The lowest BCUT2D eigenvalue weighted by Crippen LogP contribution is -2.38. The van der Waals surface area contributed by atoms with Crippen LogP contribution in [0.25, 0.3) is 4.91 Å². The molecule has 0 unspecified atom stereocenters. The van der Waals surface area contributed by atoms with Crippen molar-refractivity contribution in [1.82, 2.24) is 4.31 Å². The number of benzene rings is 2. The van der Waals surface area contributed by atoms with Gasteiger partial charge in [0, 0.05) is 16.3 Å². The van der Waals surface area contributed by atoms with Crippen molar-refractivity contribution in [3.8, 4) is 5.75 Å². The Morgan fingerprint density at radius 2 is 1.79 bits per heavy atom.